The van der Waals surface area contributed by atoms with E-state index in [1.807, 2.05) is 57.2 Å². The molecule has 1 heterocycles. The minimum Gasteiger partial charge on any atom is -0.364 e. The predicted molar refractivity (Wildman–Crippen MR) is 148 cm³/mol. The molecule has 3 amide bonds. The summed E-state index contributed by atoms with van der Waals surface area (Å²) in [7, 11) is 0. The van der Waals surface area contributed by atoms with Gasteiger partial charge in [0.1, 0.15) is 6.04 Å². The normalized spacial score (nSPS) is 18.9. The molecule has 1 saturated carbocycles. The molecule has 1 aliphatic heterocycles. The minimum atomic E-state index is -0.803. The molecule has 2 aliphatic rings. The second-order valence-corrected chi connectivity index (χ2v) is 11.6. The van der Waals surface area contributed by atoms with Crippen molar-refractivity contribution in [1.82, 2.24) is 5.32 Å². The summed E-state index contributed by atoms with van der Waals surface area (Å²) in [5, 5.41) is 5.74. The van der Waals surface area contributed by atoms with E-state index in [4.69, 9.17) is 0 Å². The average Bonchev–Trinajstić information content (AvgIpc) is 2.96. The van der Waals surface area contributed by atoms with Crippen molar-refractivity contribution in [3.05, 3.63) is 53.0 Å². The lowest BCUT2D eigenvalue weighted by Gasteiger charge is -2.37. The van der Waals surface area contributed by atoms with Crippen molar-refractivity contribution in [2.24, 2.45) is 5.41 Å². The van der Waals surface area contributed by atoms with Crippen LogP contribution in [0.2, 0.25) is 0 Å². The van der Waals surface area contributed by atoms with E-state index >= 15 is 0 Å². The molecule has 1 unspecified atom stereocenters. The molecule has 7 nitrogen and oxygen atoms in total. The fourth-order valence-corrected chi connectivity index (χ4v) is 5.13. The maximum Gasteiger partial charge on any atom is 0.319 e. The largest absolute Gasteiger partial charge is 0.364 e. The van der Waals surface area contributed by atoms with Crippen LogP contribution < -0.4 is 20.4 Å². The Bertz CT molecular complexity index is 1110. The molecule has 0 aromatic heterocycles. The van der Waals surface area contributed by atoms with E-state index in [1.165, 1.54) is 6.42 Å². The number of carbonyl (C=O) groups is 3. The number of hydrogen-bond acceptors (Lipinski definition) is 4. The van der Waals surface area contributed by atoms with Crippen molar-refractivity contribution in [3.8, 4) is 0 Å². The van der Waals surface area contributed by atoms with Gasteiger partial charge in [-0.1, -0.05) is 68.1 Å². The molecule has 0 spiro atoms. The van der Waals surface area contributed by atoms with Crippen molar-refractivity contribution in [2.75, 3.05) is 28.2 Å². The number of urea groups is 1. The molecule has 36 heavy (non-hydrogen) atoms. The topological polar surface area (TPSA) is 81.8 Å². The van der Waals surface area contributed by atoms with E-state index in [1.54, 1.807) is 17.0 Å². The number of benzene rings is 2. The van der Waals surface area contributed by atoms with Crippen LogP contribution in [0.5, 0.6) is 0 Å². The zero-order valence-electron chi connectivity index (χ0n) is 21.2. The summed E-state index contributed by atoms with van der Waals surface area (Å²) in [5.74, 6) is -0.306. The number of nitrogens with zero attached hydrogens (tertiary/aromatic N) is 2. The first-order valence-corrected chi connectivity index (χ1v) is 13.5. The van der Waals surface area contributed by atoms with Crippen molar-refractivity contribution >= 4 is 50.7 Å². The Kier molecular flexibility index (Phi) is 8.03. The van der Waals surface area contributed by atoms with Crippen LogP contribution in [-0.4, -0.2) is 42.9 Å². The first-order valence-electron chi connectivity index (χ1n) is 12.7. The van der Waals surface area contributed by atoms with E-state index in [0.29, 0.717) is 12.2 Å². The molecule has 1 aliphatic carbocycles. The van der Waals surface area contributed by atoms with Crippen LogP contribution in [0.1, 0.15) is 52.9 Å². The number of Topliss-reactive ketones (excluding diaryl/α,β-unsaturated/α-hetero) is 1. The molecule has 192 valence electrons. The number of halogens is 1. The minimum absolute atomic E-state index is 0.0326. The summed E-state index contributed by atoms with van der Waals surface area (Å²) in [6.07, 6.45) is 5.59. The number of para-hydroxylation sites is 2. The second kappa shape index (κ2) is 11.0. The van der Waals surface area contributed by atoms with E-state index in [9.17, 15) is 14.4 Å². The molecule has 0 saturated heterocycles. The molecule has 0 bridgehead atoms. The highest BCUT2D eigenvalue weighted by molar-refractivity contribution is 9.10. The summed E-state index contributed by atoms with van der Waals surface area (Å²) in [4.78, 5) is 43.8. The summed E-state index contributed by atoms with van der Waals surface area (Å²) >= 11 is 3.39. The summed E-state index contributed by atoms with van der Waals surface area (Å²) in [6.45, 7) is 5.90. The maximum absolute atomic E-state index is 13.9. The maximum atomic E-state index is 13.9. The number of carbonyl (C=O) groups excluding carboxylic acids is 3. The second-order valence-electron chi connectivity index (χ2n) is 10.7. The fourth-order valence-electron chi connectivity index (χ4n) is 4.86. The van der Waals surface area contributed by atoms with Gasteiger partial charge in [-0.05, 0) is 49.2 Å². The fraction of sp³-hybridized carbons (Fsp3) is 0.464. The number of ketones is 1. The zero-order valence-corrected chi connectivity index (χ0v) is 22.8. The lowest BCUT2D eigenvalue weighted by molar-refractivity contribution is -0.127. The van der Waals surface area contributed by atoms with Gasteiger partial charge in [0.15, 0.2) is 5.78 Å². The van der Waals surface area contributed by atoms with E-state index in [0.717, 1.165) is 41.5 Å². The Morgan fingerprint density at radius 1 is 0.972 bits per heavy atom. The first kappa shape index (κ1) is 26.2. The number of amides is 3. The van der Waals surface area contributed by atoms with Crippen LogP contribution in [0.3, 0.4) is 0 Å². The Morgan fingerprint density at radius 2 is 1.61 bits per heavy atom. The molecule has 2 N–H and O–H groups in total. The lowest BCUT2D eigenvalue weighted by atomic mass is 9.90. The molecular weight excluding hydrogens is 520 g/mol. The highest BCUT2D eigenvalue weighted by atomic mass is 79.9. The molecule has 2 aromatic carbocycles. The Balaban J connectivity index is 1.66. The SMILES string of the molecule is CC(C)(C)C(=O)CN1C(=O)C(NC(=O)Nc2ccc(Br)cc2)CN(C2CCCCC2)c2ccccc21. The van der Waals surface area contributed by atoms with Crippen molar-refractivity contribution in [1.29, 1.82) is 0 Å². The van der Waals surface area contributed by atoms with E-state index < -0.39 is 17.5 Å². The Morgan fingerprint density at radius 3 is 2.25 bits per heavy atom. The number of fused-ring (bicyclic) bond motifs is 1. The summed E-state index contributed by atoms with van der Waals surface area (Å²) in [5.41, 5.74) is 1.70. The van der Waals surface area contributed by atoms with Gasteiger partial charge in [0, 0.05) is 28.2 Å². The third kappa shape index (κ3) is 6.09. The third-order valence-corrected chi connectivity index (χ3v) is 7.52. The number of nitrogens with one attached hydrogen (secondary N) is 2. The van der Waals surface area contributed by atoms with E-state index in [2.05, 4.69) is 31.5 Å². The lowest BCUT2D eigenvalue weighted by Crippen LogP contribution is -2.55. The predicted octanol–water partition coefficient (Wildman–Crippen LogP) is 5.74. The van der Waals surface area contributed by atoms with Gasteiger partial charge >= 0.3 is 6.03 Å². The molecule has 2 aromatic rings. The Labute approximate surface area is 221 Å². The van der Waals surface area contributed by atoms with Crippen LogP contribution in [0.15, 0.2) is 53.0 Å². The molecule has 1 atom stereocenters. The Hall–Kier alpha value is -2.87. The van der Waals surface area contributed by atoms with E-state index in [-0.39, 0.29) is 24.3 Å². The number of rotatable bonds is 5. The highest BCUT2D eigenvalue weighted by Gasteiger charge is 2.39. The molecule has 8 heteroatoms. The standard InChI is InChI=1S/C28H35BrN4O3/c1-28(2,3)25(34)18-33-24-12-8-7-11-23(24)32(21-9-5-4-6-10-21)17-22(26(33)35)31-27(36)30-20-15-13-19(29)14-16-20/h7-8,11-16,21-22H,4-6,9-10,17-18H2,1-3H3,(H2,30,31,36). The van der Waals surface area contributed by atoms with Crippen molar-refractivity contribution < 1.29 is 14.4 Å². The monoisotopic (exact) mass is 554 g/mol. The van der Waals surface area contributed by atoms with Crippen LogP contribution in [-0.2, 0) is 9.59 Å². The smallest absolute Gasteiger partial charge is 0.319 e. The van der Waals surface area contributed by atoms with Gasteiger partial charge in [0.05, 0.1) is 17.9 Å². The molecule has 0 radical (unpaired) electrons. The van der Waals surface area contributed by atoms with Gasteiger partial charge in [0.25, 0.3) is 5.91 Å². The van der Waals surface area contributed by atoms with Gasteiger partial charge < -0.3 is 20.4 Å². The van der Waals surface area contributed by atoms with Crippen molar-refractivity contribution in [3.63, 3.8) is 0 Å². The molecule has 4 rings (SSSR count). The van der Waals surface area contributed by atoms with Gasteiger partial charge in [0.2, 0.25) is 0 Å². The number of anilines is 3. The van der Waals surface area contributed by atoms with Gasteiger partial charge in [-0.15, -0.1) is 0 Å². The zero-order chi connectivity index (χ0) is 25.9. The average molecular weight is 556 g/mol. The summed E-state index contributed by atoms with van der Waals surface area (Å²) < 4.78 is 0.910. The van der Waals surface area contributed by atoms with Crippen molar-refractivity contribution in [2.45, 2.75) is 65.0 Å². The van der Waals surface area contributed by atoms with Gasteiger partial charge in [-0.2, -0.15) is 0 Å². The third-order valence-electron chi connectivity index (χ3n) is 6.99. The molecule has 1 fully saturated rings. The quantitative estimate of drug-likeness (QED) is 0.493. The van der Waals surface area contributed by atoms with Crippen LogP contribution in [0.4, 0.5) is 21.9 Å². The highest BCUT2D eigenvalue weighted by Crippen LogP contribution is 2.37. The van der Waals surface area contributed by atoms with Gasteiger partial charge in [-0.3, -0.25) is 9.59 Å². The number of hydrogen-bond donors (Lipinski definition) is 2. The van der Waals surface area contributed by atoms with Crippen LogP contribution in [0, 0.1) is 5.41 Å². The van der Waals surface area contributed by atoms with Gasteiger partial charge in [-0.25, -0.2) is 4.79 Å². The molecular formula is C28H35BrN4O3. The first-order chi connectivity index (χ1) is 17.1. The summed E-state index contributed by atoms with van der Waals surface area (Å²) in [6, 6.07) is 14.1. The van der Waals surface area contributed by atoms with Crippen LogP contribution in [0.25, 0.3) is 0 Å². The van der Waals surface area contributed by atoms with Crippen LogP contribution >= 0.6 is 15.9 Å².